The van der Waals surface area contributed by atoms with Crippen molar-refractivity contribution in [2.24, 2.45) is 0 Å². The molecule has 0 aliphatic heterocycles. The number of hydrogen-bond acceptors (Lipinski definition) is 5. The molecule has 25 heavy (non-hydrogen) atoms. The molecule has 2 aromatic heterocycles. The fourth-order valence-electron chi connectivity index (χ4n) is 2.40. The van der Waals surface area contributed by atoms with Crippen molar-refractivity contribution in [1.29, 1.82) is 0 Å². The van der Waals surface area contributed by atoms with E-state index in [1.807, 2.05) is 53.9 Å². The summed E-state index contributed by atoms with van der Waals surface area (Å²) in [5, 5.41) is 6.64. The molecule has 0 aliphatic carbocycles. The zero-order chi connectivity index (χ0) is 17.4. The zero-order valence-electron chi connectivity index (χ0n) is 12.6. The van der Waals surface area contributed by atoms with Gasteiger partial charge in [0.05, 0.1) is 15.7 Å². The van der Waals surface area contributed by atoms with Crippen molar-refractivity contribution in [3.05, 3.63) is 73.3 Å². The number of fused-ring (bicyclic) bond motifs is 1. The van der Waals surface area contributed by atoms with Crippen molar-refractivity contribution in [3.8, 4) is 11.3 Å². The first kappa shape index (κ1) is 16.5. The Morgan fingerprint density at radius 3 is 2.68 bits per heavy atom. The molecule has 0 spiro atoms. The van der Waals surface area contributed by atoms with Crippen LogP contribution in [0.15, 0.2) is 72.1 Å². The van der Waals surface area contributed by atoms with E-state index in [0.29, 0.717) is 22.0 Å². The molecule has 0 saturated heterocycles. The maximum Gasteiger partial charge on any atom is 0.345 e. The third kappa shape index (κ3) is 3.40. The molecule has 0 fully saturated rings. The topological polar surface area (TPSA) is 55.1 Å². The first-order valence-electron chi connectivity index (χ1n) is 7.31. The lowest BCUT2D eigenvalue weighted by Crippen LogP contribution is -2.03. The van der Waals surface area contributed by atoms with Crippen LogP contribution in [0.3, 0.4) is 0 Å². The van der Waals surface area contributed by atoms with E-state index < -0.39 is 5.63 Å². The smallest absolute Gasteiger partial charge is 0.345 e. The molecule has 0 aliphatic rings. The van der Waals surface area contributed by atoms with Gasteiger partial charge in [0.15, 0.2) is 10.7 Å². The van der Waals surface area contributed by atoms with E-state index >= 15 is 0 Å². The first-order chi connectivity index (χ1) is 12.1. The van der Waals surface area contributed by atoms with Gasteiger partial charge in [-0.1, -0.05) is 28.1 Å². The highest BCUT2D eigenvalue weighted by atomic mass is 79.9. The highest BCUT2D eigenvalue weighted by molar-refractivity contribution is 9.11. The summed E-state index contributed by atoms with van der Waals surface area (Å²) in [5.41, 5.74) is 2.11. The number of nitrogens with one attached hydrogen (secondary N) is 1. The fourth-order valence-corrected chi connectivity index (χ4v) is 3.86. The average Bonchev–Trinajstić information content (AvgIpc) is 3.06. The van der Waals surface area contributed by atoms with E-state index in [2.05, 4.69) is 42.2 Å². The molecule has 0 unspecified atom stereocenters. The molecular weight excluding hydrogens is 468 g/mol. The Labute approximate surface area is 163 Å². The molecule has 0 saturated carbocycles. The second kappa shape index (κ2) is 6.74. The number of halogens is 2. The van der Waals surface area contributed by atoms with E-state index in [1.54, 1.807) is 0 Å². The summed E-state index contributed by atoms with van der Waals surface area (Å²) in [7, 11) is 0. The molecule has 0 bridgehead atoms. The van der Waals surface area contributed by atoms with E-state index in [4.69, 9.17) is 4.42 Å². The standard InChI is InChI=1S/C18H10Br2N2O2S/c19-11-4-6-12(7-5-11)21-18-22-15(9-25-18)13-8-10-2-1-3-14(20)16(10)24-17(13)23/h1-9H,(H,21,22). The number of para-hydroxylation sites is 1. The summed E-state index contributed by atoms with van der Waals surface area (Å²) in [6, 6.07) is 15.3. The molecule has 4 nitrogen and oxygen atoms in total. The lowest BCUT2D eigenvalue weighted by Gasteiger charge is -2.02. The molecule has 124 valence electrons. The van der Waals surface area contributed by atoms with Crippen LogP contribution in [0.1, 0.15) is 0 Å². The largest absolute Gasteiger partial charge is 0.421 e. The maximum atomic E-state index is 12.3. The Morgan fingerprint density at radius 2 is 1.88 bits per heavy atom. The number of rotatable bonds is 3. The van der Waals surface area contributed by atoms with Crippen molar-refractivity contribution in [2.75, 3.05) is 5.32 Å². The van der Waals surface area contributed by atoms with Crippen LogP contribution in [0.4, 0.5) is 10.8 Å². The lowest BCUT2D eigenvalue weighted by molar-refractivity contribution is 0.561. The van der Waals surface area contributed by atoms with Gasteiger partial charge in [-0.25, -0.2) is 9.78 Å². The average molecular weight is 478 g/mol. The Bertz CT molecular complexity index is 1120. The Kier molecular flexibility index (Phi) is 4.45. The van der Waals surface area contributed by atoms with Crippen LogP contribution in [0.2, 0.25) is 0 Å². The van der Waals surface area contributed by atoms with Crippen molar-refractivity contribution >= 4 is 65.0 Å². The lowest BCUT2D eigenvalue weighted by atomic mass is 10.1. The monoisotopic (exact) mass is 476 g/mol. The van der Waals surface area contributed by atoms with Crippen LogP contribution >= 0.6 is 43.2 Å². The maximum absolute atomic E-state index is 12.3. The minimum Gasteiger partial charge on any atom is -0.421 e. The normalized spacial score (nSPS) is 11.0. The van der Waals surface area contributed by atoms with Gasteiger partial charge in [0.1, 0.15) is 0 Å². The molecule has 0 radical (unpaired) electrons. The van der Waals surface area contributed by atoms with Crippen LogP contribution in [-0.2, 0) is 0 Å². The van der Waals surface area contributed by atoms with E-state index in [9.17, 15) is 4.79 Å². The predicted octanol–water partition coefficient (Wildman–Crippen LogP) is 6.19. The Hall–Kier alpha value is -1.96. The van der Waals surface area contributed by atoms with Gasteiger partial charge < -0.3 is 9.73 Å². The van der Waals surface area contributed by atoms with Gasteiger partial charge in [0, 0.05) is 20.9 Å². The molecule has 2 aromatic carbocycles. The summed E-state index contributed by atoms with van der Waals surface area (Å²) >= 11 is 8.24. The van der Waals surface area contributed by atoms with Crippen LogP contribution in [0, 0.1) is 0 Å². The van der Waals surface area contributed by atoms with Gasteiger partial charge in [0.25, 0.3) is 0 Å². The Balaban J connectivity index is 1.70. The highest BCUT2D eigenvalue weighted by Crippen LogP contribution is 2.29. The summed E-state index contributed by atoms with van der Waals surface area (Å²) < 4.78 is 7.22. The number of hydrogen-bond donors (Lipinski definition) is 1. The summed E-state index contributed by atoms with van der Waals surface area (Å²) in [6.45, 7) is 0. The highest BCUT2D eigenvalue weighted by Gasteiger charge is 2.13. The van der Waals surface area contributed by atoms with Gasteiger partial charge in [-0.2, -0.15) is 0 Å². The van der Waals surface area contributed by atoms with Gasteiger partial charge in [-0.05, 0) is 52.3 Å². The molecule has 0 amide bonds. The minimum absolute atomic E-state index is 0.403. The van der Waals surface area contributed by atoms with Gasteiger partial charge >= 0.3 is 5.63 Å². The van der Waals surface area contributed by atoms with Gasteiger partial charge in [-0.15, -0.1) is 11.3 Å². The predicted molar refractivity (Wildman–Crippen MR) is 109 cm³/mol. The second-order valence-electron chi connectivity index (χ2n) is 5.28. The van der Waals surface area contributed by atoms with Crippen molar-refractivity contribution in [3.63, 3.8) is 0 Å². The zero-order valence-corrected chi connectivity index (χ0v) is 16.6. The molecular formula is C18H10Br2N2O2S. The van der Waals surface area contributed by atoms with Crippen LogP contribution in [-0.4, -0.2) is 4.98 Å². The van der Waals surface area contributed by atoms with Crippen molar-refractivity contribution in [1.82, 2.24) is 4.98 Å². The third-order valence-corrected chi connectivity index (χ3v) is 5.50. The molecule has 4 aromatic rings. The number of thiazole rings is 1. The van der Waals surface area contributed by atoms with Gasteiger partial charge in [-0.3, -0.25) is 0 Å². The number of nitrogens with zero attached hydrogens (tertiary/aromatic N) is 1. The number of benzene rings is 2. The minimum atomic E-state index is -0.403. The SMILES string of the molecule is O=c1oc2c(Br)cccc2cc1-c1csc(Nc2ccc(Br)cc2)n1. The molecule has 7 heteroatoms. The number of aromatic nitrogens is 1. The molecule has 4 rings (SSSR count). The van der Waals surface area contributed by atoms with E-state index in [0.717, 1.165) is 20.0 Å². The summed E-state index contributed by atoms with van der Waals surface area (Å²) in [6.07, 6.45) is 0. The molecule has 2 heterocycles. The quantitative estimate of drug-likeness (QED) is 0.357. The summed E-state index contributed by atoms with van der Waals surface area (Å²) in [5.74, 6) is 0. The van der Waals surface area contributed by atoms with Crippen LogP contribution in [0.5, 0.6) is 0 Å². The van der Waals surface area contributed by atoms with E-state index in [1.165, 1.54) is 11.3 Å². The van der Waals surface area contributed by atoms with E-state index in [-0.39, 0.29) is 0 Å². The summed E-state index contributed by atoms with van der Waals surface area (Å²) in [4.78, 5) is 16.9. The van der Waals surface area contributed by atoms with Crippen LogP contribution in [0.25, 0.3) is 22.2 Å². The molecule has 0 atom stereocenters. The van der Waals surface area contributed by atoms with Crippen LogP contribution < -0.4 is 10.9 Å². The van der Waals surface area contributed by atoms with Crippen molar-refractivity contribution < 1.29 is 4.42 Å². The fraction of sp³-hybridized carbons (Fsp3) is 0. The first-order valence-corrected chi connectivity index (χ1v) is 9.77. The second-order valence-corrected chi connectivity index (χ2v) is 7.90. The molecule has 1 N–H and O–H groups in total. The Morgan fingerprint density at radius 1 is 1.08 bits per heavy atom. The van der Waals surface area contributed by atoms with Crippen molar-refractivity contribution in [2.45, 2.75) is 0 Å². The van der Waals surface area contributed by atoms with Gasteiger partial charge in [0.2, 0.25) is 0 Å². The third-order valence-electron chi connectivity index (χ3n) is 3.59. The number of anilines is 2.